The van der Waals surface area contributed by atoms with Gasteiger partial charge in [-0.1, -0.05) is 62.3 Å². The van der Waals surface area contributed by atoms with Crippen molar-refractivity contribution in [2.24, 2.45) is 16.2 Å². The van der Waals surface area contributed by atoms with Crippen molar-refractivity contribution >= 4 is 24.9 Å². The molecule has 6 nitrogen and oxygen atoms in total. The summed E-state index contributed by atoms with van der Waals surface area (Å²) in [4.78, 5) is 0. The first kappa shape index (κ1) is 28.8. The maximum Gasteiger partial charge on any atom is 0.493 e. The molecule has 0 saturated heterocycles. The van der Waals surface area contributed by atoms with Crippen LogP contribution in [0.4, 0.5) is 0 Å². The van der Waals surface area contributed by atoms with Crippen LogP contribution in [0.2, 0.25) is 0 Å². The average molecular weight is 462 g/mol. The first-order chi connectivity index (χ1) is 12.4. The largest absolute Gasteiger partial charge is 0.493 e. The van der Waals surface area contributed by atoms with Gasteiger partial charge in [-0.05, 0) is 30.1 Å². The van der Waals surface area contributed by atoms with Crippen LogP contribution in [0.1, 0.15) is 76.2 Å². The predicted octanol–water partition coefficient (Wildman–Crippen LogP) is 7.77. The summed E-state index contributed by atoms with van der Waals surface area (Å²) in [5.41, 5.74) is -0.324. The quantitative estimate of drug-likeness (QED) is 0.275. The third-order valence-corrected chi connectivity index (χ3v) is 12.0. The Balaban J connectivity index is 5.90. The highest BCUT2D eigenvalue weighted by atomic mass is 33.1. The Morgan fingerprint density at radius 3 is 1.18 bits per heavy atom. The van der Waals surface area contributed by atoms with Crippen molar-refractivity contribution in [3.63, 3.8) is 0 Å². The van der Waals surface area contributed by atoms with Crippen molar-refractivity contribution in [1.82, 2.24) is 0 Å². The molecular weight excluding hydrogens is 418 g/mol. The molecular formula is C19H43O6P2S+. The van der Waals surface area contributed by atoms with Gasteiger partial charge in [0.2, 0.25) is 11.0 Å². The SMILES string of the molecule is CCOP(=O)(OCC)S[P+](OCC(C)(C)C)(OCC(C)(C)C)OCC(C)(C)C. The molecule has 28 heavy (non-hydrogen) atoms. The molecule has 0 aliphatic rings. The highest BCUT2D eigenvalue weighted by Gasteiger charge is 2.58. The van der Waals surface area contributed by atoms with E-state index in [2.05, 4.69) is 62.3 Å². The second-order valence-electron chi connectivity index (χ2n) is 10.3. The van der Waals surface area contributed by atoms with Crippen LogP contribution in [0.3, 0.4) is 0 Å². The molecule has 9 heteroatoms. The molecule has 0 rings (SSSR count). The zero-order chi connectivity index (χ0) is 22.3. The predicted molar refractivity (Wildman–Crippen MR) is 122 cm³/mol. The number of rotatable bonds is 12. The van der Waals surface area contributed by atoms with E-state index in [1.807, 2.05) is 0 Å². The monoisotopic (exact) mass is 461 g/mol. The van der Waals surface area contributed by atoms with Gasteiger partial charge in [0.15, 0.2) is 0 Å². The molecule has 0 atom stereocenters. The fourth-order valence-electron chi connectivity index (χ4n) is 1.52. The third kappa shape index (κ3) is 13.9. The van der Waals surface area contributed by atoms with Gasteiger partial charge >= 0.3 is 13.9 Å². The Kier molecular flexibility index (Phi) is 11.8. The Hall–Kier alpha value is 0.810. The molecule has 0 aliphatic carbocycles. The van der Waals surface area contributed by atoms with Gasteiger partial charge in [0, 0.05) is 0 Å². The number of hydrogen-bond acceptors (Lipinski definition) is 7. The van der Waals surface area contributed by atoms with Gasteiger partial charge in [0.05, 0.1) is 13.2 Å². The fraction of sp³-hybridized carbons (Fsp3) is 1.00. The van der Waals surface area contributed by atoms with Gasteiger partial charge in [0.25, 0.3) is 0 Å². The van der Waals surface area contributed by atoms with Crippen molar-refractivity contribution < 1.29 is 27.2 Å². The molecule has 0 aromatic heterocycles. The van der Waals surface area contributed by atoms with E-state index in [-0.39, 0.29) is 29.5 Å². The van der Waals surface area contributed by atoms with Crippen LogP contribution in [-0.2, 0) is 27.2 Å². The number of hydrogen-bond donors (Lipinski definition) is 0. The lowest BCUT2D eigenvalue weighted by Gasteiger charge is -2.29. The highest BCUT2D eigenvalue weighted by molar-refractivity contribution is 8.86. The first-order valence-electron chi connectivity index (χ1n) is 9.88. The lowest BCUT2D eigenvalue weighted by molar-refractivity contribution is 0.0776. The van der Waals surface area contributed by atoms with Crippen LogP contribution in [0, 0.1) is 16.2 Å². The minimum Gasteiger partial charge on any atom is -0.299 e. The molecule has 0 saturated carbocycles. The summed E-state index contributed by atoms with van der Waals surface area (Å²) < 4.78 is 43.1. The van der Waals surface area contributed by atoms with Gasteiger partial charge in [-0.15, -0.1) is 0 Å². The lowest BCUT2D eigenvalue weighted by Crippen LogP contribution is -2.22. The standard InChI is InChI=1S/C19H43O6P2S/c1-12-21-26(20,22-13-2)28-27(23-14-17(3,4)5,24-15-18(6,7)8)25-16-19(9,10)11/h12-16H2,1-11H3/q+1. The maximum absolute atomic E-state index is 13.3. The van der Waals surface area contributed by atoms with E-state index in [0.29, 0.717) is 19.8 Å². The Labute approximate surface area is 177 Å². The van der Waals surface area contributed by atoms with Crippen molar-refractivity contribution in [3.05, 3.63) is 0 Å². The van der Waals surface area contributed by atoms with Crippen LogP contribution in [0.5, 0.6) is 0 Å². The minimum absolute atomic E-state index is 0.108. The Morgan fingerprint density at radius 2 is 0.964 bits per heavy atom. The van der Waals surface area contributed by atoms with E-state index in [0.717, 1.165) is 11.0 Å². The van der Waals surface area contributed by atoms with Gasteiger partial charge in [-0.3, -0.25) is 9.05 Å². The van der Waals surface area contributed by atoms with E-state index in [9.17, 15) is 4.57 Å². The van der Waals surface area contributed by atoms with Gasteiger partial charge in [-0.2, -0.15) is 13.6 Å². The zero-order valence-corrected chi connectivity index (χ0v) is 22.4. The van der Waals surface area contributed by atoms with Crippen LogP contribution >= 0.6 is 24.9 Å². The van der Waals surface area contributed by atoms with Crippen molar-refractivity contribution in [1.29, 1.82) is 0 Å². The summed E-state index contributed by atoms with van der Waals surface area (Å²) >= 11 is 0.966. The van der Waals surface area contributed by atoms with Gasteiger partial charge < -0.3 is 0 Å². The Bertz CT molecular complexity index is 439. The minimum atomic E-state index is -3.50. The molecule has 0 aliphatic heterocycles. The molecule has 0 heterocycles. The topological polar surface area (TPSA) is 63.2 Å². The van der Waals surface area contributed by atoms with E-state index < -0.39 is 13.9 Å². The Morgan fingerprint density at radius 1 is 0.679 bits per heavy atom. The first-order valence-corrected chi connectivity index (χ1v) is 15.0. The average Bonchev–Trinajstić information content (AvgIpc) is 2.47. The summed E-state index contributed by atoms with van der Waals surface area (Å²) in [5, 5.41) is 0. The van der Waals surface area contributed by atoms with Crippen molar-refractivity contribution in [2.45, 2.75) is 76.2 Å². The van der Waals surface area contributed by atoms with E-state index >= 15 is 0 Å². The summed E-state index contributed by atoms with van der Waals surface area (Å²) in [6, 6.07) is 0. The maximum atomic E-state index is 13.3. The molecule has 0 spiro atoms. The summed E-state index contributed by atoms with van der Waals surface area (Å²) in [5.74, 6) is 0. The normalized spacial score (nSPS) is 14.5. The second-order valence-corrected chi connectivity index (χ2v) is 18.2. The molecule has 0 N–H and O–H groups in total. The van der Waals surface area contributed by atoms with Gasteiger partial charge in [0.1, 0.15) is 19.8 Å². The van der Waals surface area contributed by atoms with Crippen molar-refractivity contribution in [2.75, 3.05) is 33.0 Å². The zero-order valence-electron chi connectivity index (χ0n) is 19.8. The molecule has 0 fully saturated rings. The smallest absolute Gasteiger partial charge is 0.299 e. The molecule has 170 valence electrons. The lowest BCUT2D eigenvalue weighted by atomic mass is 9.99. The van der Waals surface area contributed by atoms with Gasteiger partial charge in [-0.25, -0.2) is 4.57 Å². The highest BCUT2D eigenvalue weighted by Crippen LogP contribution is 2.86. The molecule has 0 amide bonds. The third-order valence-electron chi connectivity index (χ3n) is 2.74. The van der Waals surface area contributed by atoms with Crippen LogP contribution in [0.25, 0.3) is 0 Å². The summed E-state index contributed by atoms with van der Waals surface area (Å²) in [7, 11) is -3.06. The summed E-state index contributed by atoms with van der Waals surface area (Å²) in [6.07, 6.45) is 0. The molecule has 0 unspecified atom stereocenters. The fourth-order valence-corrected chi connectivity index (χ4v) is 11.4. The van der Waals surface area contributed by atoms with Crippen molar-refractivity contribution in [3.8, 4) is 0 Å². The second kappa shape index (κ2) is 11.4. The van der Waals surface area contributed by atoms with E-state index in [4.69, 9.17) is 22.6 Å². The molecule has 0 radical (unpaired) electrons. The molecule has 0 aromatic rings. The van der Waals surface area contributed by atoms with Crippen LogP contribution in [0.15, 0.2) is 0 Å². The van der Waals surface area contributed by atoms with Crippen LogP contribution < -0.4 is 0 Å². The molecule has 0 aromatic carbocycles. The van der Waals surface area contributed by atoms with E-state index in [1.54, 1.807) is 13.8 Å². The van der Waals surface area contributed by atoms with E-state index in [1.165, 1.54) is 0 Å². The summed E-state index contributed by atoms with van der Waals surface area (Å²) in [6.45, 7) is 20.5. The van der Waals surface area contributed by atoms with Crippen LogP contribution in [-0.4, -0.2) is 33.0 Å². The molecule has 0 bridgehead atoms.